The summed E-state index contributed by atoms with van der Waals surface area (Å²) in [6.07, 6.45) is 5.37. The lowest BCUT2D eigenvalue weighted by Crippen LogP contribution is -2.47. The number of nitrogens with zero attached hydrogens (tertiary/aromatic N) is 5. The van der Waals surface area contributed by atoms with Crippen molar-refractivity contribution in [3.05, 3.63) is 42.5 Å². The Morgan fingerprint density at radius 2 is 1.76 bits per heavy atom. The third-order valence-electron chi connectivity index (χ3n) is 3.68. The van der Waals surface area contributed by atoms with E-state index >= 15 is 0 Å². The lowest BCUT2D eigenvalue weighted by molar-refractivity contribution is 0.636. The van der Waals surface area contributed by atoms with Gasteiger partial charge in [0, 0.05) is 38.4 Å². The smallest absolute Gasteiger partial charge is 0.147 e. The van der Waals surface area contributed by atoms with E-state index in [1.165, 1.54) is 0 Å². The fraction of sp³-hybridized carbons (Fsp3) is 0.400. The molecular weight excluding hydrogens is 264 g/mol. The zero-order valence-electron chi connectivity index (χ0n) is 12.2. The monoisotopic (exact) mass is 284 g/mol. The van der Waals surface area contributed by atoms with E-state index in [-0.39, 0.29) is 6.04 Å². The van der Waals surface area contributed by atoms with Crippen LogP contribution in [0.2, 0.25) is 0 Å². The van der Waals surface area contributed by atoms with Crippen molar-refractivity contribution in [2.75, 3.05) is 36.0 Å². The first-order valence-corrected chi connectivity index (χ1v) is 7.22. The van der Waals surface area contributed by atoms with Crippen LogP contribution in [-0.4, -0.2) is 41.1 Å². The molecule has 1 atom stereocenters. The highest BCUT2D eigenvalue weighted by Crippen LogP contribution is 2.18. The molecule has 2 N–H and O–H groups in total. The molecule has 0 saturated carbocycles. The summed E-state index contributed by atoms with van der Waals surface area (Å²) in [5.41, 5.74) is 6.71. The number of hydrogen-bond acceptors (Lipinski definition) is 6. The average molecular weight is 284 g/mol. The summed E-state index contributed by atoms with van der Waals surface area (Å²) in [4.78, 5) is 17.8. The maximum atomic E-state index is 5.87. The summed E-state index contributed by atoms with van der Waals surface area (Å²) in [6, 6.07) is 5.92. The Kier molecular flexibility index (Phi) is 3.96. The zero-order chi connectivity index (χ0) is 14.7. The molecule has 0 amide bonds. The number of rotatable bonds is 3. The van der Waals surface area contributed by atoms with Crippen molar-refractivity contribution in [2.45, 2.75) is 13.0 Å². The third kappa shape index (κ3) is 3.11. The van der Waals surface area contributed by atoms with E-state index in [4.69, 9.17) is 5.73 Å². The van der Waals surface area contributed by atoms with Gasteiger partial charge in [0.15, 0.2) is 0 Å². The largest absolute Gasteiger partial charge is 0.353 e. The molecule has 21 heavy (non-hydrogen) atoms. The van der Waals surface area contributed by atoms with Crippen LogP contribution in [0.4, 0.5) is 11.6 Å². The van der Waals surface area contributed by atoms with Crippen molar-refractivity contribution in [2.24, 2.45) is 5.73 Å². The summed E-state index contributed by atoms with van der Waals surface area (Å²) in [7, 11) is 0. The Labute approximate surface area is 124 Å². The van der Waals surface area contributed by atoms with Crippen LogP contribution in [0.15, 0.2) is 36.8 Å². The third-order valence-corrected chi connectivity index (χ3v) is 3.68. The molecule has 1 fully saturated rings. The van der Waals surface area contributed by atoms with E-state index in [2.05, 4.69) is 24.8 Å². The topological polar surface area (TPSA) is 71.2 Å². The normalized spacial score (nSPS) is 16.9. The number of anilines is 2. The molecule has 3 rings (SSSR count). The maximum Gasteiger partial charge on any atom is 0.147 e. The Bertz CT molecular complexity index is 578. The molecule has 0 aliphatic carbocycles. The molecule has 0 bridgehead atoms. The number of pyridine rings is 1. The minimum absolute atomic E-state index is 0.0905. The number of nitrogens with two attached hydrogens (primary N) is 1. The maximum absolute atomic E-state index is 5.87. The van der Waals surface area contributed by atoms with Gasteiger partial charge < -0.3 is 15.5 Å². The Balaban J connectivity index is 1.67. The molecule has 2 aromatic heterocycles. The SMILES string of the molecule is C[C@H](N)c1cncc(N2CCN(c3ccccn3)CC2)n1. The van der Waals surface area contributed by atoms with E-state index in [0.717, 1.165) is 43.5 Å². The molecule has 0 aromatic carbocycles. The van der Waals surface area contributed by atoms with Gasteiger partial charge in [-0.25, -0.2) is 9.97 Å². The quantitative estimate of drug-likeness (QED) is 0.913. The first-order valence-electron chi connectivity index (χ1n) is 7.22. The van der Waals surface area contributed by atoms with Crippen molar-refractivity contribution < 1.29 is 0 Å². The molecule has 3 heterocycles. The molecule has 2 aromatic rings. The molecule has 1 aliphatic heterocycles. The second-order valence-corrected chi connectivity index (χ2v) is 5.25. The summed E-state index contributed by atoms with van der Waals surface area (Å²) < 4.78 is 0. The van der Waals surface area contributed by atoms with Crippen molar-refractivity contribution in [3.8, 4) is 0 Å². The summed E-state index contributed by atoms with van der Waals surface area (Å²) in [5, 5.41) is 0. The fourth-order valence-electron chi connectivity index (χ4n) is 2.45. The number of hydrogen-bond donors (Lipinski definition) is 1. The van der Waals surface area contributed by atoms with Crippen LogP contribution < -0.4 is 15.5 Å². The first kappa shape index (κ1) is 13.8. The van der Waals surface area contributed by atoms with E-state index in [1.807, 2.05) is 37.5 Å². The minimum atomic E-state index is -0.0905. The van der Waals surface area contributed by atoms with Crippen LogP contribution in [0.5, 0.6) is 0 Å². The number of piperazine rings is 1. The highest BCUT2D eigenvalue weighted by Gasteiger charge is 2.19. The van der Waals surface area contributed by atoms with Gasteiger partial charge in [-0.05, 0) is 19.1 Å². The predicted molar refractivity (Wildman–Crippen MR) is 83.3 cm³/mol. The van der Waals surface area contributed by atoms with E-state index in [9.17, 15) is 0 Å². The van der Waals surface area contributed by atoms with Gasteiger partial charge in [-0.1, -0.05) is 6.07 Å². The van der Waals surface area contributed by atoms with E-state index < -0.39 is 0 Å². The lowest BCUT2D eigenvalue weighted by Gasteiger charge is -2.36. The molecule has 6 heteroatoms. The molecule has 0 unspecified atom stereocenters. The lowest BCUT2D eigenvalue weighted by atomic mass is 10.2. The second kappa shape index (κ2) is 6.05. The molecular formula is C15H20N6. The molecule has 1 saturated heterocycles. The van der Waals surface area contributed by atoms with Gasteiger partial charge in [-0.15, -0.1) is 0 Å². The van der Waals surface area contributed by atoms with Crippen molar-refractivity contribution in [1.29, 1.82) is 0 Å². The standard InChI is InChI=1S/C15H20N6/c1-12(16)13-10-17-11-15(19-13)21-8-6-20(7-9-21)14-4-2-3-5-18-14/h2-5,10-12H,6-9,16H2,1H3/t12-/m0/s1. The Hall–Kier alpha value is -2.21. The molecule has 0 radical (unpaired) electrons. The van der Waals surface area contributed by atoms with Gasteiger partial charge in [0.2, 0.25) is 0 Å². The number of aromatic nitrogens is 3. The minimum Gasteiger partial charge on any atom is -0.353 e. The summed E-state index contributed by atoms with van der Waals surface area (Å²) in [6.45, 7) is 5.61. The van der Waals surface area contributed by atoms with Crippen LogP contribution >= 0.6 is 0 Å². The van der Waals surface area contributed by atoms with Crippen molar-refractivity contribution in [1.82, 2.24) is 15.0 Å². The fourth-order valence-corrected chi connectivity index (χ4v) is 2.45. The summed E-state index contributed by atoms with van der Waals surface area (Å²) >= 11 is 0. The van der Waals surface area contributed by atoms with Crippen LogP contribution in [0.25, 0.3) is 0 Å². The zero-order valence-corrected chi connectivity index (χ0v) is 12.2. The van der Waals surface area contributed by atoms with Crippen molar-refractivity contribution >= 4 is 11.6 Å². The second-order valence-electron chi connectivity index (χ2n) is 5.25. The summed E-state index contributed by atoms with van der Waals surface area (Å²) in [5.74, 6) is 1.94. The highest BCUT2D eigenvalue weighted by atomic mass is 15.3. The van der Waals surface area contributed by atoms with Gasteiger partial charge in [-0.2, -0.15) is 0 Å². The van der Waals surface area contributed by atoms with Gasteiger partial charge in [0.25, 0.3) is 0 Å². The predicted octanol–water partition coefficient (Wildman–Crippen LogP) is 1.22. The highest BCUT2D eigenvalue weighted by molar-refractivity contribution is 5.43. The van der Waals surface area contributed by atoms with Gasteiger partial charge in [0.05, 0.1) is 18.1 Å². The molecule has 1 aliphatic rings. The average Bonchev–Trinajstić information content (AvgIpc) is 2.56. The van der Waals surface area contributed by atoms with Crippen LogP contribution in [0.3, 0.4) is 0 Å². The Morgan fingerprint density at radius 1 is 1.05 bits per heavy atom. The van der Waals surface area contributed by atoms with Gasteiger partial charge in [-0.3, -0.25) is 4.98 Å². The van der Waals surface area contributed by atoms with E-state index in [1.54, 1.807) is 6.20 Å². The molecule has 110 valence electrons. The molecule has 6 nitrogen and oxygen atoms in total. The van der Waals surface area contributed by atoms with Crippen molar-refractivity contribution in [3.63, 3.8) is 0 Å². The first-order chi connectivity index (χ1) is 10.2. The van der Waals surface area contributed by atoms with Gasteiger partial charge >= 0.3 is 0 Å². The van der Waals surface area contributed by atoms with Crippen LogP contribution in [0, 0.1) is 0 Å². The van der Waals surface area contributed by atoms with Crippen LogP contribution in [0.1, 0.15) is 18.7 Å². The molecule has 0 spiro atoms. The Morgan fingerprint density at radius 3 is 2.38 bits per heavy atom. The van der Waals surface area contributed by atoms with Gasteiger partial charge in [0.1, 0.15) is 11.6 Å². The van der Waals surface area contributed by atoms with Crippen LogP contribution in [-0.2, 0) is 0 Å². The van der Waals surface area contributed by atoms with E-state index in [0.29, 0.717) is 0 Å².